The molecular weight excluding hydrogens is 349 g/mol. The average Bonchev–Trinajstić information content (AvgIpc) is 2.77. The van der Waals surface area contributed by atoms with E-state index in [2.05, 4.69) is 21.2 Å². The van der Waals surface area contributed by atoms with Crippen LogP contribution in [0.15, 0.2) is 22.7 Å². The summed E-state index contributed by atoms with van der Waals surface area (Å²) in [4.78, 5) is 13.6. The Morgan fingerprint density at radius 1 is 1.43 bits per heavy atom. The van der Waals surface area contributed by atoms with Gasteiger partial charge in [0.2, 0.25) is 5.91 Å². The molecule has 0 aliphatic carbocycles. The second-order valence-electron chi connectivity index (χ2n) is 4.95. The first-order chi connectivity index (χ1) is 9.84. The highest BCUT2D eigenvalue weighted by Crippen LogP contribution is 2.37. The first-order valence-electron chi connectivity index (χ1n) is 6.76. The molecule has 1 aliphatic heterocycles. The lowest BCUT2D eigenvalue weighted by Crippen LogP contribution is -2.38. The Bertz CT molecular complexity index is 533. The van der Waals surface area contributed by atoms with E-state index in [1.165, 1.54) is 17.0 Å². The molecule has 7 heteroatoms. The zero-order chi connectivity index (χ0) is 15.6. The van der Waals surface area contributed by atoms with Crippen LogP contribution in [0.1, 0.15) is 25.3 Å². The van der Waals surface area contributed by atoms with Gasteiger partial charge in [0.05, 0.1) is 11.6 Å². The summed E-state index contributed by atoms with van der Waals surface area (Å²) in [5, 5.41) is 3.11. The number of carbonyl (C=O) groups excluding carboxylic acids is 1. The summed E-state index contributed by atoms with van der Waals surface area (Å²) in [6.07, 6.45) is -2.94. The van der Waals surface area contributed by atoms with Gasteiger partial charge in [-0.2, -0.15) is 13.2 Å². The van der Waals surface area contributed by atoms with Gasteiger partial charge in [-0.1, -0.05) is 22.9 Å². The Morgan fingerprint density at radius 3 is 2.76 bits per heavy atom. The molecule has 1 atom stereocenters. The van der Waals surface area contributed by atoms with Crippen LogP contribution in [0, 0.1) is 0 Å². The first-order valence-corrected chi connectivity index (χ1v) is 7.55. The normalized spacial score (nSPS) is 19.4. The predicted molar refractivity (Wildman–Crippen MR) is 78.2 cm³/mol. The summed E-state index contributed by atoms with van der Waals surface area (Å²) < 4.78 is 38.7. The molecule has 0 saturated carbocycles. The van der Waals surface area contributed by atoms with Crippen LogP contribution in [0.2, 0.25) is 0 Å². The van der Waals surface area contributed by atoms with Crippen molar-refractivity contribution in [2.45, 2.75) is 32.0 Å². The van der Waals surface area contributed by atoms with E-state index < -0.39 is 11.7 Å². The molecule has 0 bridgehead atoms. The lowest BCUT2D eigenvalue weighted by molar-refractivity contribution is -0.138. The molecule has 1 unspecified atom stereocenters. The number of amides is 1. The third kappa shape index (κ3) is 3.58. The van der Waals surface area contributed by atoms with Crippen LogP contribution in [-0.4, -0.2) is 25.0 Å². The Morgan fingerprint density at radius 2 is 2.14 bits per heavy atom. The molecule has 2 rings (SSSR count). The first kappa shape index (κ1) is 16.3. The lowest BCUT2D eigenvalue weighted by atomic mass is 10.2. The van der Waals surface area contributed by atoms with Gasteiger partial charge < -0.3 is 10.2 Å². The SMILES string of the molecule is CCCNC1CCN(c2ccc(Br)c(C(F)(F)F)c2)C1=O. The Labute approximate surface area is 129 Å². The van der Waals surface area contributed by atoms with E-state index in [-0.39, 0.29) is 22.1 Å². The van der Waals surface area contributed by atoms with E-state index in [4.69, 9.17) is 0 Å². The molecule has 1 aromatic carbocycles. The number of anilines is 1. The highest BCUT2D eigenvalue weighted by molar-refractivity contribution is 9.10. The number of rotatable bonds is 4. The fourth-order valence-corrected chi connectivity index (χ4v) is 2.81. The van der Waals surface area contributed by atoms with E-state index in [0.29, 0.717) is 13.0 Å². The fraction of sp³-hybridized carbons (Fsp3) is 0.500. The largest absolute Gasteiger partial charge is 0.417 e. The topological polar surface area (TPSA) is 32.3 Å². The minimum absolute atomic E-state index is 0.0222. The van der Waals surface area contributed by atoms with Crippen molar-refractivity contribution >= 4 is 27.5 Å². The number of nitrogens with zero attached hydrogens (tertiary/aromatic N) is 1. The minimum atomic E-state index is -4.45. The fourth-order valence-electron chi connectivity index (χ4n) is 2.34. The van der Waals surface area contributed by atoms with Crippen molar-refractivity contribution in [1.29, 1.82) is 0 Å². The molecule has 1 fully saturated rings. The van der Waals surface area contributed by atoms with Gasteiger partial charge in [-0.15, -0.1) is 0 Å². The van der Waals surface area contributed by atoms with E-state index in [9.17, 15) is 18.0 Å². The number of halogens is 4. The third-order valence-electron chi connectivity index (χ3n) is 3.41. The van der Waals surface area contributed by atoms with E-state index in [0.717, 1.165) is 19.0 Å². The molecule has 1 saturated heterocycles. The molecule has 1 amide bonds. The van der Waals surface area contributed by atoms with Crippen molar-refractivity contribution in [2.75, 3.05) is 18.0 Å². The van der Waals surface area contributed by atoms with E-state index in [1.807, 2.05) is 6.92 Å². The maximum atomic E-state index is 12.9. The molecule has 116 valence electrons. The molecule has 1 N–H and O–H groups in total. The van der Waals surface area contributed by atoms with Gasteiger partial charge in [0.25, 0.3) is 0 Å². The summed E-state index contributed by atoms with van der Waals surface area (Å²) in [6.45, 7) is 3.14. The molecule has 0 spiro atoms. The van der Waals surface area contributed by atoms with Gasteiger partial charge in [0.1, 0.15) is 0 Å². The molecule has 0 radical (unpaired) electrons. The van der Waals surface area contributed by atoms with Crippen LogP contribution in [0.3, 0.4) is 0 Å². The second kappa shape index (κ2) is 6.36. The zero-order valence-electron chi connectivity index (χ0n) is 11.5. The van der Waals surface area contributed by atoms with Crippen LogP contribution in [0.4, 0.5) is 18.9 Å². The van der Waals surface area contributed by atoms with Crippen molar-refractivity contribution in [3.63, 3.8) is 0 Å². The van der Waals surface area contributed by atoms with Crippen LogP contribution in [0.25, 0.3) is 0 Å². The van der Waals surface area contributed by atoms with Gasteiger partial charge in [-0.05, 0) is 37.6 Å². The average molecular weight is 365 g/mol. The number of carbonyl (C=O) groups is 1. The predicted octanol–water partition coefficient (Wildman–Crippen LogP) is 3.57. The number of alkyl halides is 3. The Hall–Kier alpha value is -1.08. The third-order valence-corrected chi connectivity index (χ3v) is 4.10. The Kier molecular flexibility index (Phi) is 4.93. The number of hydrogen-bond acceptors (Lipinski definition) is 2. The summed E-state index contributed by atoms with van der Waals surface area (Å²) in [7, 11) is 0. The second-order valence-corrected chi connectivity index (χ2v) is 5.80. The number of hydrogen-bond donors (Lipinski definition) is 1. The van der Waals surface area contributed by atoms with Crippen molar-refractivity contribution in [3.8, 4) is 0 Å². The summed E-state index contributed by atoms with van der Waals surface area (Å²) in [5.41, 5.74) is -0.478. The molecule has 1 aromatic rings. The molecular formula is C14H16BrF3N2O. The monoisotopic (exact) mass is 364 g/mol. The summed E-state index contributed by atoms with van der Waals surface area (Å²) >= 11 is 2.90. The zero-order valence-corrected chi connectivity index (χ0v) is 13.1. The van der Waals surface area contributed by atoms with Crippen molar-refractivity contribution < 1.29 is 18.0 Å². The number of nitrogens with one attached hydrogen (secondary N) is 1. The molecule has 21 heavy (non-hydrogen) atoms. The minimum Gasteiger partial charge on any atom is -0.311 e. The Balaban J connectivity index is 2.22. The quantitative estimate of drug-likeness (QED) is 0.885. The van der Waals surface area contributed by atoms with Gasteiger partial charge >= 0.3 is 6.18 Å². The smallest absolute Gasteiger partial charge is 0.311 e. The van der Waals surface area contributed by atoms with E-state index >= 15 is 0 Å². The van der Waals surface area contributed by atoms with Gasteiger partial charge in [0.15, 0.2) is 0 Å². The van der Waals surface area contributed by atoms with Crippen LogP contribution in [-0.2, 0) is 11.0 Å². The van der Waals surface area contributed by atoms with Crippen molar-refractivity contribution in [1.82, 2.24) is 5.32 Å². The van der Waals surface area contributed by atoms with Crippen LogP contribution >= 0.6 is 15.9 Å². The van der Waals surface area contributed by atoms with Gasteiger partial charge in [-0.3, -0.25) is 4.79 Å². The van der Waals surface area contributed by atoms with Crippen molar-refractivity contribution in [3.05, 3.63) is 28.2 Å². The maximum absolute atomic E-state index is 12.9. The van der Waals surface area contributed by atoms with Crippen molar-refractivity contribution in [2.24, 2.45) is 0 Å². The van der Waals surface area contributed by atoms with Gasteiger partial charge in [0, 0.05) is 16.7 Å². The standard InChI is InChI=1S/C14H16BrF3N2O/c1-2-6-19-12-5-7-20(13(12)21)9-3-4-11(15)10(8-9)14(16,17)18/h3-4,8,12,19H,2,5-7H2,1H3. The molecule has 1 aliphatic rings. The number of benzene rings is 1. The summed E-state index contributed by atoms with van der Waals surface area (Å²) in [6, 6.07) is 3.57. The highest BCUT2D eigenvalue weighted by Gasteiger charge is 2.36. The highest BCUT2D eigenvalue weighted by atomic mass is 79.9. The molecule has 0 aromatic heterocycles. The maximum Gasteiger partial charge on any atom is 0.417 e. The van der Waals surface area contributed by atoms with Crippen LogP contribution in [0.5, 0.6) is 0 Å². The lowest BCUT2D eigenvalue weighted by Gasteiger charge is -2.19. The van der Waals surface area contributed by atoms with Gasteiger partial charge in [-0.25, -0.2) is 0 Å². The molecule has 3 nitrogen and oxygen atoms in total. The van der Waals surface area contributed by atoms with E-state index in [1.54, 1.807) is 0 Å². The van der Waals surface area contributed by atoms with Crippen LogP contribution < -0.4 is 10.2 Å². The molecule has 1 heterocycles. The summed E-state index contributed by atoms with van der Waals surface area (Å²) in [5.74, 6) is -0.168.